The van der Waals surface area contributed by atoms with Crippen molar-refractivity contribution in [2.75, 3.05) is 19.7 Å². The van der Waals surface area contributed by atoms with Crippen LogP contribution in [0.25, 0.3) is 0 Å². The Morgan fingerprint density at radius 3 is 2.32 bits per heavy atom. The van der Waals surface area contributed by atoms with E-state index in [2.05, 4.69) is 0 Å². The van der Waals surface area contributed by atoms with Crippen LogP contribution in [-0.2, 0) is 4.79 Å². The fraction of sp³-hybridized carbons (Fsp3) is 0.800. The molecule has 0 aromatic heterocycles. The SMILES string of the molecule is CCC[C@@H](NC(=O)N(CCO)CC(F)(F)F)C(=O)O. The Bertz CT molecular complexity index is 310. The van der Waals surface area contributed by atoms with Gasteiger partial charge in [0.25, 0.3) is 0 Å². The lowest BCUT2D eigenvalue weighted by Gasteiger charge is -2.25. The summed E-state index contributed by atoms with van der Waals surface area (Å²) in [7, 11) is 0. The molecule has 0 fully saturated rings. The molecule has 0 aliphatic carbocycles. The molecule has 0 heterocycles. The summed E-state index contributed by atoms with van der Waals surface area (Å²) < 4.78 is 36.6. The van der Waals surface area contributed by atoms with Crippen LogP contribution in [0.4, 0.5) is 18.0 Å². The quantitative estimate of drug-likeness (QED) is 0.646. The second kappa shape index (κ2) is 7.82. The smallest absolute Gasteiger partial charge is 0.406 e. The van der Waals surface area contributed by atoms with E-state index in [0.717, 1.165) is 0 Å². The van der Waals surface area contributed by atoms with Crippen molar-refractivity contribution in [2.45, 2.75) is 32.0 Å². The molecule has 0 aromatic rings. The van der Waals surface area contributed by atoms with Crippen molar-refractivity contribution in [3.05, 3.63) is 0 Å². The lowest BCUT2D eigenvalue weighted by Crippen LogP contribution is -2.51. The molecule has 0 saturated carbocycles. The maximum atomic E-state index is 12.2. The third kappa shape index (κ3) is 7.50. The Hall–Kier alpha value is -1.51. The fourth-order valence-corrected chi connectivity index (χ4v) is 1.38. The molecule has 0 spiro atoms. The van der Waals surface area contributed by atoms with Gasteiger partial charge < -0.3 is 20.4 Å². The van der Waals surface area contributed by atoms with Gasteiger partial charge in [0.05, 0.1) is 6.61 Å². The lowest BCUT2D eigenvalue weighted by molar-refractivity contribution is -0.141. The Morgan fingerprint density at radius 2 is 1.95 bits per heavy atom. The van der Waals surface area contributed by atoms with Crippen LogP contribution in [0.1, 0.15) is 19.8 Å². The topological polar surface area (TPSA) is 89.9 Å². The summed E-state index contributed by atoms with van der Waals surface area (Å²) in [5, 5.41) is 19.4. The van der Waals surface area contributed by atoms with Crippen molar-refractivity contribution in [1.29, 1.82) is 0 Å². The van der Waals surface area contributed by atoms with Crippen molar-refractivity contribution in [3.63, 3.8) is 0 Å². The zero-order chi connectivity index (χ0) is 15.1. The van der Waals surface area contributed by atoms with Crippen LogP contribution >= 0.6 is 0 Å². The number of carbonyl (C=O) groups is 2. The summed E-state index contributed by atoms with van der Waals surface area (Å²) >= 11 is 0. The number of hydrogen-bond donors (Lipinski definition) is 3. The van der Waals surface area contributed by atoms with Gasteiger partial charge in [-0.05, 0) is 6.42 Å². The first-order valence-electron chi connectivity index (χ1n) is 5.67. The van der Waals surface area contributed by atoms with E-state index in [1.165, 1.54) is 0 Å². The van der Waals surface area contributed by atoms with E-state index < -0.39 is 43.9 Å². The number of amides is 2. The molecule has 0 unspecified atom stereocenters. The van der Waals surface area contributed by atoms with Crippen LogP contribution in [0.5, 0.6) is 0 Å². The zero-order valence-corrected chi connectivity index (χ0v) is 10.4. The number of aliphatic hydroxyl groups is 1. The molecule has 9 heteroatoms. The first kappa shape index (κ1) is 17.5. The average Bonchev–Trinajstić information content (AvgIpc) is 2.25. The van der Waals surface area contributed by atoms with E-state index >= 15 is 0 Å². The highest BCUT2D eigenvalue weighted by Gasteiger charge is 2.33. The first-order valence-corrected chi connectivity index (χ1v) is 5.67. The number of halogens is 3. The van der Waals surface area contributed by atoms with E-state index in [9.17, 15) is 22.8 Å². The molecule has 0 aromatic carbocycles. The summed E-state index contributed by atoms with van der Waals surface area (Å²) in [6.07, 6.45) is -4.05. The Morgan fingerprint density at radius 1 is 1.37 bits per heavy atom. The molecule has 6 nitrogen and oxygen atoms in total. The number of carboxylic acids is 1. The fourth-order valence-electron chi connectivity index (χ4n) is 1.38. The minimum absolute atomic E-state index is 0.111. The number of rotatable bonds is 7. The number of hydrogen-bond acceptors (Lipinski definition) is 3. The number of nitrogens with one attached hydrogen (secondary N) is 1. The zero-order valence-electron chi connectivity index (χ0n) is 10.4. The number of carbonyl (C=O) groups excluding carboxylic acids is 1. The third-order valence-corrected chi connectivity index (χ3v) is 2.20. The molecule has 3 N–H and O–H groups in total. The van der Waals surface area contributed by atoms with Gasteiger partial charge >= 0.3 is 18.2 Å². The molecule has 2 amide bonds. The highest BCUT2D eigenvalue weighted by molar-refractivity contribution is 5.82. The molecular formula is C10H17F3N2O4. The van der Waals surface area contributed by atoms with Gasteiger partial charge in [-0.25, -0.2) is 9.59 Å². The average molecular weight is 286 g/mol. The monoisotopic (exact) mass is 286 g/mol. The van der Waals surface area contributed by atoms with Gasteiger partial charge in [0.15, 0.2) is 0 Å². The molecular weight excluding hydrogens is 269 g/mol. The van der Waals surface area contributed by atoms with Crippen molar-refractivity contribution >= 4 is 12.0 Å². The molecule has 0 radical (unpaired) electrons. The maximum Gasteiger partial charge on any atom is 0.406 e. The standard InChI is InChI=1S/C10H17F3N2O4/c1-2-3-7(8(17)18)14-9(19)15(4-5-16)6-10(11,12)13/h7,16H,2-6H2,1H3,(H,14,19)(H,17,18)/t7-/m1/s1. The third-order valence-electron chi connectivity index (χ3n) is 2.20. The molecule has 19 heavy (non-hydrogen) atoms. The van der Waals surface area contributed by atoms with Crippen molar-refractivity contribution in [2.24, 2.45) is 0 Å². The molecule has 0 saturated heterocycles. The van der Waals surface area contributed by atoms with Crippen LogP contribution < -0.4 is 5.32 Å². The van der Waals surface area contributed by atoms with E-state index in [-0.39, 0.29) is 6.42 Å². The molecule has 112 valence electrons. The highest BCUT2D eigenvalue weighted by atomic mass is 19.4. The highest BCUT2D eigenvalue weighted by Crippen LogP contribution is 2.16. The maximum absolute atomic E-state index is 12.2. The summed E-state index contributed by atoms with van der Waals surface area (Å²) in [5.74, 6) is -1.31. The molecule has 1 atom stereocenters. The predicted molar refractivity (Wildman–Crippen MR) is 59.6 cm³/mol. The minimum Gasteiger partial charge on any atom is -0.480 e. The van der Waals surface area contributed by atoms with E-state index in [1.807, 2.05) is 5.32 Å². The van der Waals surface area contributed by atoms with Gasteiger partial charge in [0.2, 0.25) is 0 Å². The first-order chi connectivity index (χ1) is 8.71. The molecule has 0 bridgehead atoms. The van der Waals surface area contributed by atoms with E-state index in [0.29, 0.717) is 11.3 Å². The second-order valence-electron chi connectivity index (χ2n) is 3.89. The number of carboxylic acid groups (broad SMARTS) is 1. The normalized spacial score (nSPS) is 12.9. The van der Waals surface area contributed by atoms with Gasteiger partial charge in [-0.2, -0.15) is 13.2 Å². The summed E-state index contributed by atoms with van der Waals surface area (Å²) in [6.45, 7) is -1.03. The van der Waals surface area contributed by atoms with Crippen LogP contribution in [0.2, 0.25) is 0 Å². The van der Waals surface area contributed by atoms with Crippen molar-refractivity contribution in [1.82, 2.24) is 10.2 Å². The second-order valence-corrected chi connectivity index (χ2v) is 3.89. The van der Waals surface area contributed by atoms with Crippen LogP contribution in [0, 0.1) is 0 Å². The number of alkyl halides is 3. The van der Waals surface area contributed by atoms with Gasteiger partial charge in [-0.15, -0.1) is 0 Å². The molecule has 0 aliphatic heterocycles. The Balaban J connectivity index is 4.65. The Labute approximate surface area is 108 Å². The number of nitrogens with zero attached hydrogens (tertiary/aromatic N) is 1. The van der Waals surface area contributed by atoms with Gasteiger partial charge in [-0.3, -0.25) is 0 Å². The Kier molecular flexibility index (Phi) is 7.20. The molecule has 0 rings (SSSR count). The van der Waals surface area contributed by atoms with Gasteiger partial charge in [0, 0.05) is 6.54 Å². The van der Waals surface area contributed by atoms with Crippen LogP contribution in [0.3, 0.4) is 0 Å². The van der Waals surface area contributed by atoms with E-state index in [1.54, 1.807) is 6.92 Å². The van der Waals surface area contributed by atoms with E-state index in [4.69, 9.17) is 10.2 Å². The summed E-state index contributed by atoms with van der Waals surface area (Å²) in [5.41, 5.74) is 0. The largest absolute Gasteiger partial charge is 0.480 e. The summed E-state index contributed by atoms with van der Waals surface area (Å²) in [6, 6.07) is -2.40. The van der Waals surface area contributed by atoms with Gasteiger partial charge in [0.1, 0.15) is 12.6 Å². The summed E-state index contributed by atoms with van der Waals surface area (Å²) in [4.78, 5) is 22.7. The van der Waals surface area contributed by atoms with Crippen molar-refractivity contribution in [3.8, 4) is 0 Å². The predicted octanol–water partition coefficient (Wildman–Crippen LogP) is 0.806. The minimum atomic E-state index is -4.62. The number of aliphatic hydroxyl groups excluding tert-OH is 1. The lowest BCUT2D eigenvalue weighted by atomic mass is 10.2. The van der Waals surface area contributed by atoms with Crippen molar-refractivity contribution < 1.29 is 33.0 Å². The number of aliphatic carboxylic acids is 1. The van der Waals surface area contributed by atoms with Gasteiger partial charge in [-0.1, -0.05) is 13.3 Å². The molecule has 0 aliphatic rings. The van der Waals surface area contributed by atoms with Crippen LogP contribution in [0.15, 0.2) is 0 Å². The number of urea groups is 1. The van der Waals surface area contributed by atoms with Crippen LogP contribution in [-0.4, -0.2) is 59.0 Å².